The van der Waals surface area contributed by atoms with E-state index in [1.54, 1.807) is 31.7 Å². The maximum atomic E-state index is 14.4. The Balaban J connectivity index is 2.67. The number of alkyl carbamates (subject to hydrolysis) is 1. The number of rotatable bonds is 11. The number of carbonyl (C=O) groups excluding carboxylic acids is 3. The number of carbonyl (C=O) groups is 3. The van der Waals surface area contributed by atoms with Crippen LogP contribution in [-0.2, 0) is 14.3 Å². The second-order valence-corrected chi connectivity index (χ2v) is 12.9. The molecule has 0 saturated carbocycles. The summed E-state index contributed by atoms with van der Waals surface area (Å²) < 4.78 is 5.42. The molecule has 9 heteroatoms. The van der Waals surface area contributed by atoms with Gasteiger partial charge in [-0.1, -0.05) is 61.3 Å². The fourth-order valence-corrected chi connectivity index (χ4v) is 5.10. The van der Waals surface area contributed by atoms with E-state index in [-0.39, 0.29) is 11.8 Å². The van der Waals surface area contributed by atoms with Crippen LogP contribution in [0.5, 0.6) is 0 Å². The van der Waals surface area contributed by atoms with Gasteiger partial charge in [-0.15, -0.1) is 0 Å². The lowest BCUT2D eigenvalue weighted by molar-refractivity contribution is -0.143. The summed E-state index contributed by atoms with van der Waals surface area (Å²) in [5.74, 6) is -0.390. The number of nitrogens with zero attached hydrogens (tertiary/aromatic N) is 1. The SMILES string of the molecule is Cc1ccc(C)c(C(C(=O)Nc2c(C)cccc2Cl)N(C(=O)C(CS)NC(=O)OC(C)(C)C)C(C)CCC(C)C)c1. The summed E-state index contributed by atoms with van der Waals surface area (Å²) in [6.07, 6.45) is 0.787. The molecule has 2 N–H and O–H groups in total. The molecular formula is C32H46ClN3O4S. The van der Waals surface area contributed by atoms with E-state index >= 15 is 0 Å². The number of aryl methyl sites for hydroxylation is 3. The van der Waals surface area contributed by atoms with Crippen molar-refractivity contribution in [3.05, 3.63) is 63.7 Å². The first-order valence-electron chi connectivity index (χ1n) is 14.1. The lowest BCUT2D eigenvalue weighted by Gasteiger charge is -2.39. The third-order valence-electron chi connectivity index (χ3n) is 6.79. The van der Waals surface area contributed by atoms with Gasteiger partial charge in [-0.05, 0) is 90.0 Å². The predicted octanol–water partition coefficient (Wildman–Crippen LogP) is 7.42. The lowest BCUT2D eigenvalue weighted by atomic mass is 9.93. The summed E-state index contributed by atoms with van der Waals surface area (Å²) in [7, 11) is 0. The Morgan fingerprint density at radius 1 is 1.00 bits per heavy atom. The molecule has 0 aromatic heterocycles. The van der Waals surface area contributed by atoms with E-state index in [1.165, 1.54) is 0 Å². The molecule has 0 radical (unpaired) electrons. The molecule has 2 aromatic carbocycles. The number of amides is 3. The molecule has 7 nitrogen and oxygen atoms in total. The fourth-order valence-electron chi connectivity index (χ4n) is 4.58. The number of para-hydroxylation sites is 1. The predicted molar refractivity (Wildman–Crippen MR) is 171 cm³/mol. The molecule has 3 atom stereocenters. The fraction of sp³-hybridized carbons (Fsp3) is 0.531. The zero-order valence-electron chi connectivity index (χ0n) is 25.8. The second-order valence-electron chi connectivity index (χ2n) is 12.1. The summed E-state index contributed by atoms with van der Waals surface area (Å²) in [4.78, 5) is 43.0. The van der Waals surface area contributed by atoms with Crippen LogP contribution >= 0.6 is 24.2 Å². The zero-order chi connectivity index (χ0) is 31.1. The second kappa shape index (κ2) is 15.0. The van der Waals surface area contributed by atoms with Crippen LogP contribution in [-0.4, -0.2) is 46.2 Å². The summed E-state index contributed by atoms with van der Waals surface area (Å²) in [6, 6.07) is 8.90. The molecular weight excluding hydrogens is 558 g/mol. The van der Waals surface area contributed by atoms with Crippen molar-refractivity contribution in [2.75, 3.05) is 11.1 Å². The molecule has 2 aromatic rings. The van der Waals surface area contributed by atoms with Gasteiger partial charge in [0.1, 0.15) is 17.7 Å². The lowest BCUT2D eigenvalue weighted by Crippen LogP contribution is -2.55. The van der Waals surface area contributed by atoms with E-state index in [4.69, 9.17) is 16.3 Å². The van der Waals surface area contributed by atoms with Gasteiger partial charge < -0.3 is 20.3 Å². The van der Waals surface area contributed by atoms with Crippen molar-refractivity contribution in [3.63, 3.8) is 0 Å². The summed E-state index contributed by atoms with van der Waals surface area (Å²) in [5, 5.41) is 6.10. The average Bonchev–Trinajstić information content (AvgIpc) is 2.86. The molecule has 0 aliphatic heterocycles. The molecule has 2 rings (SSSR count). The first-order chi connectivity index (χ1) is 19.0. The quantitative estimate of drug-likeness (QED) is 0.233. The molecule has 0 fully saturated rings. The highest BCUT2D eigenvalue weighted by molar-refractivity contribution is 7.80. The smallest absolute Gasteiger partial charge is 0.408 e. The van der Waals surface area contributed by atoms with Crippen LogP contribution in [0, 0.1) is 26.7 Å². The van der Waals surface area contributed by atoms with Crippen LogP contribution in [0.15, 0.2) is 36.4 Å². The Morgan fingerprint density at radius 2 is 1.66 bits per heavy atom. The highest BCUT2D eigenvalue weighted by Crippen LogP contribution is 2.33. The normalized spacial score (nSPS) is 13.8. The van der Waals surface area contributed by atoms with Gasteiger partial charge in [-0.2, -0.15) is 12.6 Å². The molecule has 0 aliphatic rings. The van der Waals surface area contributed by atoms with Crippen LogP contribution in [0.25, 0.3) is 0 Å². The van der Waals surface area contributed by atoms with Gasteiger partial charge in [0, 0.05) is 11.8 Å². The van der Waals surface area contributed by atoms with Crippen LogP contribution in [0.1, 0.15) is 82.7 Å². The number of halogens is 1. The Bertz CT molecular complexity index is 1210. The van der Waals surface area contributed by atoms with E-state index < -0.39 is 35.6 Å². The van der Waals surface area contributed by atoms with Gasteiger partial charge in [0.25, 0.3) is 5.91 Å². The number of thiol groups is 1. The van der Waals surface area contributed by atoms with E-state index in [2.05, 4.69) is 37.1 Å². The van der Waals surface area contributed by atoms with Gasteiger partial charge in [-0.3, -0.25) is 9.59 Å². The van der Waals surface area contributed by atoms with Gasteiger partial charge in [-0.25, -0.2) is 4.79 Å². The van der Waals surface area contributed by atoms with Crippen molar-refractivity contribution in [2.24, 2.45) is 5.92 Å². The first-order valence-corrected chi connectivity index (χ1v) is 15.1. The Labute approximate surface area is 256 Å². The van der Waals surface area contributed by atoms with Gasteiger partial charge in [0.2, 0.25) is 5.91 Å². The first kappa shape index (κ1) is 34.5. The van der Waals surface area contributed by atoms with Crippen LogP contribution in [0.2, 0.25) is 5.02 Å². The van der Waals surface area contributed by atoms with Crippen molar-refractivity contribution in [2.45, 2.75) is 98.9 Å². The van der Waals surface area contributed by atoms with Crippen molar-refractivity contribution in [1.82, 2.24) is 10.2 Å². The third-order valence-corrected chi connectivity index (χ3v) is 7.47. The van der Waals surface area contributed by atoms with E-state index in [0.717, 1.165) is 23.1 Å². The summed E-state index contributed by atoms with van der Waals surface area (Å²) >= 11 is 10.9. The van der Waals surface area contributed by atoms with Crippen LogP contribution in [0.3, 0.4) is 0 Å². The molecule has 41 heavy (non-hydrogen) atoms. The summed E-state index contributed by atoms with van der Waals surface area (Å²) in [6.45, 7) is 17.2. The van der Waals surface area contributed by atoms with E-state index in [1.807, 2.05) is 58.0 Å². The molecule has 0 heterocycles. The molecule has 3 amide bonds. The zero-order valence-corrected chi connectivity index (χ0v) is 27.5. The van der Waals surface area contributed by atoms with E-state index in [9.17, 15) is 14.4 Å². The van der Waals surface area contributed by atoms with Gasteiger partial charge >= 0.3 is 6.09 Å². The van der Waals surface area contributed by atoms with Gasteiger partial charge in [0.15, 0.2) is 0 Å². The third kappa shape index (κ3) is 9.96. The molecule has 226 valence electrons. The number of ether oxygens (including phenoxy) is 1. The standard InChI is InChI=1S/C32H46ClN3O4S/c1-19(2)13-16-23(6)36(30(38)26(18-41)34-31(39)40-32(7,8)9)28(24-17-20(3)14-15-21(24)4)29(37)35-27-22(5)11-10-12-25(27)33/h10-12,14-15,17,19,23,26,28,41H,13,16,18H2,1-9H3,(H,34,39)(H,35,37). The molecule has 0 aliphatic carbocycles. The average molecular weight is 604 g/mol. The van der Waals surface area contributed by atoms with Gasteiger partial charge in [0.05, 0.1) is 10.7 Å². The number of hydrogen-bond donors (Lipinski definition) is 3. The van der Waals surface area contributed by atoms with Crippen molar-refractivity contribution in [1.29, 1.82) is 0 Å². The highest BCUT2D eigenvalue weighted by atomic mass is 35.5. The van der Waals surface area contributed by atoms with Crippen LogP contribution < -0.4 is 10.6 Å². The monoisotopic (exact) mass is 603 g/mol. The molecule has 0 bridgehead atoms. The van der Waals surface area contributed by atoms with Crippen LogP contribution in [0.4, 0.5) is 10.5 Å². The highest BCUT2D eigenvalue weighted by Gasteiger charge is 2.39. The number of benzene rings is 2. The van der Waals surface area contributed by atoms with Crippen molar-refractivity contribution >= 4 is 47.8 Å². The van der Waals surface area contributed by atoms with E-state index in [0.29, 0.717) is 28.6 Å². The summed E-state index contributed by atoms with van der Waals surface area (Å²) in [5.41, 5.74) is 3.07. The molecule has 0 spiro atoms. The van der Waals surface area contributed by atoms with Crippen molar-refractivity contribution in [3.8, 4) is 0 Å². The Morgan fingerprint density at radius 3 is 2.22 bits per heavy atom. The maximum absolute atomic E-state index is 14.4. The Hall–Kier alpha value is -2.71. The largest absolute Gasteiger partial charge is 0.444 e. The number of hydrogen-bond acceptors (Lipinski definition) is 5. The minimum atomic E-state index is -1.02. The number of nitrogens with one attached hydrogen (secondary N) is 2. The topological polar surface area (TPSA) is 87.7 Å². The molecule has 3 unspecified atom stereocenters. The minimum Gasteiger partial charge on any atom is -0.444 e. The molecule has 0 saturated heterocycles. The minimum absolute atomic E-state index is 0.0240. The maximum Gasteiger partial charge on any atom is 0.408 e. The van der Waals surface area contributed by atoms with Crippen molar-refractivity contribution < 1.29 is 19.1 Å². The Kier molecular flexibility index (Phi) is 12.6. The number of anilines is 1.